The van der Waals surface area contributed by atoms with Gasteiger partial charge in [0.05, 0.1) is 16.8 Å². The Morgan fingerprint density at radius 2 is 0.966 bits per heavy atom. The van der Waals surface area contributed by atoms with E-state index in [4.69, 9.17) is 0 Å². The summed E-state index contributed by atoms with van der Waals surface area (Å²) in [5.74, 6) is 0. The summed E-state index contributed by atoms with van der Waals surface area (Å²) in [6, 6.07) is 78.5. The van der Waals surface area contributed by atoms with Gasteiger partial charge in [0.1, 0.15) is 0 Å². The second-order valence-electron chi connectivity index (χ2n) is 15.5. The molecule has 1 nitrogen and oxygen atoms in total. The largest absolute Gasteiger partial charge is 0.309 e. The predicted molar refractivity (Wildman–Crippen MR) is 245 cm³/mol. The summed E-state index contributed by atoms with van der Waals surface area (Å²) < 4.78 is 0. The van der Waals surface area contributed by atoms with Gasteiger partial charge in [0, 0.05) is 16.6 Å². The fraction of sp³-hybridized carbons (Fsp3) is 0.0526. The molecular formula is C57H41N. The third-order valence-corrected chi connectivity index (χ3v) is 12.3. The molecule has 0 amide bonds. The Hall–Kier alpha value is -7.22. The Balaban J connectivity index is 1.26. The van der Waals surface area contributed by atoms with Gasteiger partial charge in [0.2, 0.25) is 0 Å². The van der Waals surface area contributed by atoms with Crippen LogP contribution in [-0.2, 0) is 5.41 Å². The molecule has 0 saturated heterocycles. The van der Waals surface area contributed by atoms with Crippen molar-refractivity contribution in [1.29, 1.82) is 0 Å². The van der Waals surface area contributed by atoms with Gasteiger partial charge in [0.15, 0.2) is 0 Å². The third kappa shape index (κ3) is 5.46. The first kappa shape index (κ1) is 34.1. The van der Waals surface area contributed by atoms with Gasteiger partial charge in [-0.15, -0.1) is 0 Å². The Labute approximate surface area is 340 Å². The minimum Gasteiger partial charge on any atom is -0.309 e. The summed E-state index contributed by atoms with van der Waals surface area (Å²) in [5, 5.41) is 4.89. The van der Waals surface area contributed by atoms with Crippen molar-refractivity contribution in [3.05, 3.63) is 252 Å². The van der Waals surface area contributed by atoms with Crippen molar-refractivity contribution in [2.75, 3.05) is 4.90 Å². The second-order valence-corrected chi connectivity index (χ2v) is 15.5. The molecule has 0 N–H and O–H groups in total. The lowest BCUT2D eigenvalue weighted by Gasteiger charge is -2.36. The van der Waals surface area contributed by atoms with Gasteiger partial charge in [-0.25, -0.2) is 0 Å². The molecule has 0 aliphatic heterocycles. The Kier molecular flexibility index (Phi) is 8.26. The van der Waals surface area contributed by atoms with Crippen molar-refractivity contribution < 1.29 is 0 Å². The van der Waals surface area contributed by atoms with E-state index in [0.29, 0.717) is 0 Å². The number of nitrogens with zero attached hydrogens (tertiary/aromatic N) is 1. The summed E-state index contributed by atoms with van der Waals surface area (Å²) in [4.78, 5) is 2.52. The quantitative estimate of drug-likeness (QED) is 0.157. The third-order valence-electron chi connectivity index (χ3n) is 12.3. The number of benzene rings is 9. The van der Waals surface area contributed by atoms with Gasteiger partial charge in [-0.2, -0.15) is 0 Å². The zero-order valence-electron chi connectivity index (χ0n) is 32.2. The van der Waals surface area contributed by atoms with Crippen LogP contribution in [0.4, 0.5) is 17.1 Å². The Morgan fingerprint density at radius 1 is 0.379 bits per heavy atom. The number of allylic oxidation sites excluding steroid dienone is 4. The number of fused-ring (bicyclic) bond motifs is 5. The van der Waals surface area contributed by atoms with Crippen LogP contribution in [0.25, 0.3) is 49.4 Å². The molecule has 9 aromatic rings. The second kappa shape index (κ2) is 14.1. The van der Waals surface area contributed by atoms with Crippen molar-refractivity contribution >= 4 is 44.2 Å². The highest BCUT2D eigenvalue weighted by Crippen LogP contribution is 2.60. The van der Waals surface area contributed by atoms with E-state index in [2.05, 4.69) is 229 Å². The monoisotopic (exact) mass is 739 g/mol. The van der Waals surface area contributed by atoms with Gasteiger partial charge in [-0.1, -0.05) is 188 Å². The lowest BCUT2D eigenvalue weighted by molar-refractivity contribution is 0.758. The molecule has 0 radical (unpaired) electrons. The van der Waals surface area contributed by atoms with Crippen LogP contribution in [0.15, 0.2) is 230 Å². The Bertz CT molecular complexity index is 2980. The van der Waals surface area contributed by atoms with Crippen LogP contribution in [0, 0.1) is 0 Å². The highest BCUT2D eigenvalue weighted by molar-refractivity contribution is 6.04. The molecule has 2 aliphatic carbocycles. The predicted octanol–water partition coefficient (Wildman–Crippen LogP) is 15.2. The number of hydrogen-bond donors (Lipinski definition) is 0. The van der Waals surface area contributed by atoms with Crippen molar-refractivity contribution in [2.45, 2.75) is 18.3 Å². The zero-order chi connectivity index (χ0) is 38.5. The van der Waals surface area contributed by atoms with E-state index in [1.165, 1.54) is 77.2 Å². The van der Waals surface area contributed by atoms with Crippen molar-refractivity contribution in [2.24, 2.45) is 0 Å². The first-order chi connectivity index (χ1) is 28.8. The van der Waals surface area contributed by atoms with Gasteiger partial charge >= 0.3 is 0 Å². The van der Waals surface area contributed by atoms with E-state index < -0.39 is 5.41 Å². The minimum atomic E-state index is -0.498. The zero-order valence-corrected chi connectivity index (χ0v) is 32.2. The highest BCUT2D eigenvalue weighted by Gasteiger charge is 2.49. The SMILES string of the molecule is C1=C2C(=CCC1)C(c1ccccc1)(c1ccccc1)c1cc(N(c3ccc(-c4ccccc4)cc3)c3cccc4ccccc34)c(-c3ccc4ccccc4c3)cc12. The molecule has 2 aliphatic rings. The summed E-state index contributed by atoms with van der Waals surface area (Å²) in [6.07, 6.45) is 7.07. The van der Waals surface area contributed by atoms with E-state index in [-0.39, 0.29) is 0 Å². The first-order valence-electron chi connectivity index (χ1n) is 20.4. The molecule has 58 heavy (non-hydrogen) atoms. The van der Waals surface area contributed by atoms with E-state index in [1.54, 1.807) is 0 Å². The van der Waals surface area contributed by atoms with Gasteiger partial charge in [0.25, 0.3) is 0 Å². The lowest BCUT2D eigenvalue weighted by atomic mass is 9.66. The van der Waals surface area contributed by atoms with Crippen molar-refractivity contribution in [3.8, 4) is 22.3 Å². The molecule has 11 rings (SSSR count). The molecule has 0 unspecified atom stereocenters. The molecule has 274 valence electrons. The van der Waals surface area contributed by atoms with Gasteiger partial charge in [-0.3, -0.25) is 0 Å². The molecule has 0 fully saturated rings. The molecule has 0 spiro atoms. The maximum atomic E-state index is 2.55. The summed E-state index contributed by atoms with van der Waals surface area (Å²) >= 11 is 0. The minimum absolute atomic E-state index is 0.498. The maximum absolute atomic E-state index is 2.55. The van der Waals surface area contributed by atoms with Crippen LogP contribution in [0.5, 0.6) is 0 Å². The average Bonchev–Trinajstić information content (AvgIpc) is 3.60. The molecule has 0 saturated carbocycles. The topological polar surface area (TPSA) is 3.24 Å². The molecule has 0 aromatic heterocycles. The number of rotatable bonds is 7. The smallest absolute Gasteiger partial charge is 0.0711 e. The first-order valence-corrected chi connectivity index (χ1v) is 20.4. The van der Waals surface area contributed by atoms with Crippen LogP contribution >= 0.6 is 0 Å². The van der Waals surface area contributed by atoms with E-state index in [0.717, 1.165) is 29.9 Å². The molecule has 0 bridgehead atoms. The summed E-state index contributed by atoms with van der Waals surface area (Å²) in [5.41, 5.74) is 15.6. The maximum Gasteiger partial charge on any atom is 0.0711 e. The molecule has 9 aromatic carbocycles. The van der Waals surface area contributed by atoms with Gasteiger partial charge in [-0.05, 0) is 115 Å². The van der Waals surface area contributed by atoms with E-state index in [9.17, 15) is 0 Å². The lowest BCUT2D eigenvalue weighted by Crippen LogP contribution is -2.29. The molecular weight excluding hydrogens is 699 g/mol. The number of anilines is 3. The summed E-state index contributed by atoms with van der Waals surface area (Å²) in [6.45, 7) is 0. The Morgan fingerprint density at radius 3 is 1.71 bits per heavy atom. The van der Waals surface area contributed by atoms with Crippen molar-refractivity contribution in [3.63, 3.8) is 0 Å². The average molecular weight is 740 g/mol. The van der Waals surface area contributed by atoms with Crippen LogP contribution in [0.2, 0.25) is 0 Å². The van der Waals surface area contributed by atoms with Crippen LogP contribution < -0.4 is 4.90 Å². The fourth-order valence-electron chi connectivity index (χ4n) is 9.73. The van der Waals surface area contributed by atoms with Crippen LogP contribution in [0.3, 0.4) is 0 Å². The highest BCUT2D eigenvalue weighted by atomic mass is 15.1. The standard InChI is InChI=1S/C57H41N/c1-4-17-40(18-5-1)42-33-35-48(36-34-42)58(55-30-16-22-43-20-12-13-27-49(43)55)56-39-54-52(38-51(56)45-32-31-41-19-10-11-21-44(41)37-45)50-28-14-15-29-53(50)57(54,46-23-6-2-7-24-46)47-25-8-3-9-26-47/h1-13,16-39H,14-15H2. The van der Waals surface area contributed by atoms with Crippen LogP contribution in [-0.4, -0.2) is 0 Å². The van der Waals surface area contributed by atoms with E-state index in [1.807, 2.05) is 0 Å². The molecule has 1 heteroatoms. The molecule has 0 heterocycles. The van der Waals surface area contributed by atoms with Crippen LogP contribution in [0.1, 0.15) is 35.1 Å². The van der Waals surface area contributed by atoms with Crippen molar-refractivity contribution in [1.82, 2.24) is 0 Å². The number of hydrogen-bond acceptors (Lipinski definition) is 1. The van der Waals surface area contributed by atoms with Gasteiger partial charge < -0.3 is 4.90 Å². The molecule has 0 atom stereocenters. The normalized spacial score (nSPS) is 14.1. The summed E-state index contributed by atoms with van der Waals surface area (Å²) in [7, 11) is 0. The fourth-order valence-corrected chi connectivity index (χ4v) is 9.73. The van der Waals surface area contributed by atoms with E-state index >= 15 is 0 Å².